The molecular weight excluding hydrogens is 336 g/mol. The van der Waals surface area contributed by atoms with E-state index in [-0.39, 0.29) is 0 Å². The summed E-state index contributed by atoms with van der Waals surface area (Å²) < 4.78 is 0. The van der Waals surface area contributed by atoms with E-state index in [4.69, 9.17) is 0 Å². The fourth-order valence-corrected chi connectivity index (χ4v) is 4.31. The van der Waals surface area contributed by atoms with Crippen LogP contribution in [0.3, 0.4) is 0 Å². The van der Waals surface area contributed by atoms with Gasteiger partial charge in [-0.15, -0.1) is 0 Å². The second kappa shape index (κ2) is 14.2. The Balaban J connectivity index is 2.09. The van der Waals surface area contributed by atoms with Crippen LogP contribution in [-0.2, 0) is 0 Å². The minimum atomic E-state index is 0.870. The first kappa shape index (κ1) is 25.3. The Bertz CT molecular complexity index is 514. The fourth-order valence-electron chi connectivity index (χ4n) is 4.31. The van der Waals surface area contributed by atoms with Crippen LogP contribution in [0.4, 0.5) is 0 Å². The summed E-state index contributed by atoms with van der Waals surface area (Å²) in [5.41, 5.74) is 6.38. The zero-order valence-electron chi connectivity index (χ0n) is 20.4. The van der Waals surface area contributed by atoms with Crippen molar-refractivity contribution in [2.75, 3.05) is 0 Å². The number of hydrogen-bond acceptors (Lipinski definition) is 0. The van der Waals surface area contributed by atoms with E-state index in [2.05, 4.69) is 60.6 Å². The van der Waals surface area contributed by atoms with Gasteiger partial charge in [-0.2, -0.15) is 0 Å². The van der Waals surface area contributed by atoms with Crippen LogP contribution in [0, 0.1) is 17.8 Å². The lowest BCUT2D eigenvalue weighted by Crippen LogP contribution is -2.00. The van der Waals surface area contributed by atoms with E-state index in [1.54, 1.807) is 22.3 Å². The molecule has 162 valence electrons. The van der Waals surface area contributed by atoms with E-state index in [1.165, 1.54) is 77.0 Å². The molecule has 0 unspecified atom stereocenters. The lowest BCUT2D eigenvalue weighted by atomic mass is 9.90. The van der Waals surface area contributed by atoms with Crippen molar-refractivity contribution in [1.29, 1.82) is 0 Å². The second-order valence-electron chi connectivity index (χ2n) is 10.4. The molecule has 1 aliphatic rings. The lowest BCUT2D eigenvalue weighted by molar-refractivity contribution is 0.389. The van der Waals surface area contributed by atoms with Gasteiger partial charge in [-0.05, 0) is 70.6 Å². The van der Waals surface area contributed by atoms with Crippen molar-refractivity contribution >= 4 is 0 Å². The van der Waals surface area contributed by atoms with Gasteiger partial charge in [-0.1, -0.05) is 107 Å². The molecule has 0 aromatic carbocycles. The van der Waals surface area contributed by atoms with Crippen LogP contribution < -0.4 is 0 Å². The third-order valence-corrected chi connectivity index (χ3v) is 6.77. The highest BCUT2D eigenvalue weighted by molar-refractivity contribution is 5.28. The van der Waals surface area contributed by atoms with Gasteiger partial charge in [0.15, 0.2) is 0 Å². The SMILES string of the molecule is CC(=CCC1=CCC(C)=C(C)C1)CCC[C@H](C)CCC[C@H](C)CCCC(C)C. The van der Waals surface area contributed by atoms with Gasteiger partial charge in [0.25, 0.3) is 0 Å². The second-order valence-corrected chi connectivity index (χ2v) is 10.4. The molecule has 0 heteroatoms. The average molecular weight is 387 g/mol. The molecule has 0 bridgehead atoms. The first-order chi connectivity index (χ1) is 13.3. The normalized spacial score (nSPS) is 17.9. The van der Waals surface area contributed by atoms with Crippen LogP contribution in [0.15, 0.2) is 34.4 Å². The molecule has 0 aromatic heterocycles. The van der Waals surface area contributed by atoms with Crippen LogP contribution in [-0.4, -0.2) is 0 Å². The Morgan fingerprint density at radius 3 is 2.00 bits per heavy atom. The Kier molecular flexibility index (Phi) is 12.8. The lowest BCUT2D eigenvalue weighted by Gasteiger charge is -2.16. The molecule has 2 atom stereocenters. The van der Waals surface area contributed by atoms with Crippen molar-refractivity contribution in [3.63, 3.8) is 0 Å². The van der Waals surface area contributed by atoms with E-state index in [9.17, 15) is 0 Å². The maximum absolute atomic E-state index is 2.49. The molecule has 0 nitrogen and oxygen atoms in total. The molecule has 0 radical (unpaired) electrons. The number of allylic oxidation sites excluding steroid dienone is 6. The highest BCUT2D eigenvalue weighted by Crippen LogP contribution is 2.27. The summed E-state index contributed by atoms with van der Waals surface area (Å²) in [7, 11) is 0. The molecule has 0 amide bonds. The predicted octanol–water partition coefficient (Wildman–Crippen LogP) is 9.82. The minimum Gasteiger partial charge on any atom is -0.0815 e. The summed E-state index contributed by atoms with van der Waals surface area (Å²) in [5.74, 6) is 2.69. The van der Waals surface area contributed by atoms with E-state index < -0.39 is 0 Å². The van der Waals surface area contributed by atoms with E-state index >= 15 is 0 Å². The van der Waals surface area contributed by atoms with Gasteiger partial charge in [0.2, 0.25) is 0 Å². The molecule has 0 heterocycles. The average Bonchev–Trinajstić information content (AvgIpc) is 2.62. The molecule has 0 saturated heterocycles. The summed E-state index contributed by atoms with van der Waals surface area (Å²) in [4.78, 5) is 0. The van der Waals surface area contributed by atoms with E-state index in [1.807, 2.05) is 0 Å². The summed E-state index contributed by atoms with van der Waals surface area (Å²) in [6.45, 7) is 16.5. The molecule has 0 saturated carbocycles. The van der Waals surface area contributed by atoms with Gasteiger partial charge >= 0.3 is 0 Å². The minimum absolute atomic E-state index is 0.870. The number of rotatable bonds is 14. The van der Waals surface area contributed by atoms with Gasteiger partial charge in [0.05, 0.1) is 0 Å². The third-order valence-electron chi connectivity index (χ3n) is 6.77. The molecule has 28 heavy (non-hydrogen) atoms. The molecule has 1 aliphatic carbocycles. The van der Waals surface area contributed by atoms with Crippen molar-refractivity contribution in [2.24, 2.45) is 17.8 Å². The Hall–Kier alpha value is -0.780. The molecule has 0 aromatic rings. The highest BCUT2D eigenvalue weighted by Gasteiger charge is 2.08. The highest BCUT2D eigenvalue weighted by atomic mass is 14.1. The summed E-state index contributed by atoms with van der Waals surface area (Å²) in [6.07, 6.45) is 21.1. The fraction of sp³-hybridized carbons (Fsp3) is 0.786. The van der Waals surface area contributed by atoms with Crippen LogP contribution in [0.1, 0.15) is 126 Å². The van der Waals surface area contributed by atoms with Gasteiger partial charge in [0, 0.05) is 0 Å². The van der Waals surface area contributed by atoms with Crippen molar-refractivity contribution in [3.8, 4) is 0 Å². The van der Waals surface area contributed by atoms with Gasteiger partial charge < -0.3 is 0 Å². The summed E-state index contributed by atoms with van der Waals surface area (Å²) in [6, 6.07) is 0. The number of hydrogen-bond donors (Lipinski definition) is 0. The van der Waals surface area contributed by atoms with E-state index in [0.717, 1.165) is 17.8 Å². The third kappa shape index (κ3) is 11.9. The molecule has 0 aliphatic heterocycles. The molecule has 0 N–H and O–H groups in total. The Labute approximate surface area is 178 Å². The topological polar surface area (TPSA) is 0 Å². The molecule has 0 spiro atoms. The first-order valence-electron chi connectivity index (χ1n) is 12.3. The Morgan fingerprint density at radius 2 is 1.43 bits per heavy atom. The standard InChI is InChI=1S/C28H50/c1-22(2)11-8-12-23(3)13-9-14-24(4)15-10-16-25(5)17-19-28-20-18-26(6)27(7)21-28/h17,20,22-24H,8-16,18-19,21H2,1-7H3/t23-,24-/m1/s1. The van der Waals surface area contributed by atoms with Crippen molar-refractivity contribution in [3.05, 3.63) is 34.4 Å². The van der Waals surface area contributed by atoms with Crippen molar-refractivity contribution in [2.45, 2.75) is 126 Å². The molecule has 0 fully saturated rings. The van der Waals surface area contributed by atoms with Gasteiger partial charge in [-0.25, -0.2) is 0 Å². The zero-order valence-corrected chi connectivity index (χ0v) is 20.4. The van der Waals surface area contributed by atoms with Crippen molar-refractivity contribution < 1.29 is 0 Å². The van der Waals surface area contributed by atoms with Gasteiger partial charge in [0.1, 0.15) is 0 Å². The van der Waals surface area contributed by atoms with Crippen LogP contribution in [0.25, 0.3) is 0 Å². The van der Waals surface area contributed by atoms with Crippen LogP contribution in [0.2, 0.25) is 0 Å². The maximum Gasteiger partial charge on any atom is -0.0105 e. The van der Waals surface area contributed by atoms with E-state index in [0.29, 0.717) is 0 Å². The van der Waals surface area contributed by atoms with Crippen LogP contribution in [0.5, 0.6) is 0 Å². The first-order valence-corrected chi connectivity index (χ1v) is 12.3. The predicted molar refractivity (Wildman–Crippen MR) is 129 cm³/mol. The van der Waals surface area contributed by atoms with Gasteiger partial charge in [-0.3, -0.25) is 0 Å². The quantitative estimate of drug-likeness (QED) is 0.260. The molecular formula is C28H50. The van der Waals surface area contributed by atoms with Crippen LogP contribution >= 0.6 is 0 Å². The molecule has 1 rings (SSSR count). The maximum atomic E-state index is 2.49. The largest absolute Gasteiger partial charge is 0.0815 e. The zero-order chi connectivity index (χ0) is 20.9. The monoisotopic (exact) mass is 386 g/mol. The smallest absolute Gasteiger partial charge is 0.0105 e. The van der Waals surface area contributed by atoms with Crippen molar-refractivity contribution in [1.82, 2.24) is 0 Å². The summed E-state index contributed by atoms with van der Waals surface area (Å²) in [5, 5.41) is 0. The summed E-state index contributed by atoms with van der Waals surface area (Å²) >= 11 is 0. The Morgan fingerprint density at radius 1 is 0.857 bits per heavy atom.